The van der Waals surface area contributed by atoms with E-state index in [1.54, 1.807) is 45.2 Å². The number of carbonyl (C=O) groups is 1. The standard InChI is InChI=1S/C20H16FN5O4/c1-20(2,3)30-19(27)25-15-8-9-22-10-13(15)11-4-6-14(23-17(11)25)12-5-7-16(21)24-18(12)26(28)29/h4-10H,1-3H3/i21+0. The second-order valence-electron chi connectivity index (χ2n) is 7.54. The molecule has 0 unspecified atom stereocenters. The smallest absolute Gasteiger partial charge is 0.420 e. The molecule has 4 heterocycles. The Morgan fingerprint density at radius 3 is 2.60 bits per heavy atom. The summed E-state index contributed by atoms with van der Waals surface area (Å²) in [6.07, 6.45) is 2.49. The molecule has 0 aromatic carbocycles. The zero-order valence-corrected chi connectivity index (χ0v) is 16.3. The van der Waals surface area contributed by atoms with Crippen molar-refractivity contribution in [1.82, 2.24) is 19.5 Å². The molecule has 0 atom stereocenters. The molecule has 152 valence electrons. The molecular weight excluding hydrogens is 393 g/mol. The largest absolute Gasteiger partial charge is 0.443 e. The van der Waals surface area contributed by atoms with Crippen molar-refractivity contribution in [3.8, 4) is 11.3 Å². The lowest BCUT2D eigenvalue weighted by Gasteiger charge is -2.20. The van der Waals surface area contributed by atoms with Gasteiger partial charge < -0.3 is 14.9 Å². The number of halogens is 1. The molecule has 4 aromatic rings. The third-order valence-corrected chi connectivity index (χ3v) is 4.28. The van der Waals surface area contributed by atoms with Crippen molar-refractivity contribution in [2.45, 2.75) is 26.4 Å². The number of carbonyl (C=O) groups excluding carboxylic acids is 1. The van der Waals surface area contributed by atoms with Crippen LogP contribution >= 0.6 is 0 Å². The number of hydrogen-bond donors (Lipinski definition) is 0. The molecule has 4 rings (SSSR count). The highest BCUT2D eigenvalue weighted by Crippen LogP contribution is 2.32. The number of ether oxygens (including phenoxy) is 1. The van der Waals surface area contributed by atoms with Gasteiger partial charge in [-0.2, -0.15) is 4.39 Å². The number of hydrogen-bond acceptors (Lipinski definition) is 7. The highest BCUT2D eigenvalue weighted by atomic mass is 19.1. The van der Waals surface area contributed by atoms with Crippen LogP contribution in [0.3, 0.4) is 0 Å². The summed E-state index contributed by atoms with van der Waals surface area (Å²) < 4.78 is 20.2. The van der Waals surface area contributed by atoms with Crippen LogP contribution in [0.5, 0.6) is 0 Å². The Bertz CT molecular complexity index is 1330. The first-order chi connectivity index (χ1) is 14.2. The predicted octanol–water partition coefficient (Wildman–Crippen LogP) is 4.48. The summed E-state index contributed by atoms with van der Waals surface area (Å²) in [6, 6.07) is 7.13. The van der Waals surface area contributed by atoms with Gasteiger partial charge in [0.15, 0.2) is 5.65 Å². The SMILES string of the molecule is CC(C)(C)OC(=O)n1c2ccncc2c2ccc(-c3ccc([19F])nc3[N+](=O)[O-])nc21. The van der Waals surface area contributed by atoms with E-state index in [1.807, 2.05) is 0 Å². The van der Waals surface area contributed by atoms with Crippen LogP contribution in [0, 0.1) is 16.1 Å². The minimum absolute atomic E-state index is 0.0300. The van der Waals surface area contributed by atoms with Crippen molar-refractivity contribution in [2.24, 2.45) is 0 Å². The van der Waals surface area contributed by atoms with Gasteiger partial charge in [-0.3, -0.25) is 4.98 Å². The van der Waals surface area contributed by atoms with Crippen molar-refractivity contribution in [3.05, 3.63) is 58.8 Å². The molecule has 0 radical (unpaired) electrons. The highest BCUT2D eigenvalue weighted by molar-refractivity contribution is 6.11. The molecule has 0 aliphatic heterocycles. The van der Waals surface area contributed by atoms with Gasteiger partial charge in [0.2, 0.25) is 0 Å². The Morgan fingerprint density at radius 2 is 1.90 bits per heavy atom. The van der Waals surface area contributed by atoms with Crippen molar-refractivity contribution < 1.29 is 18.8 Å². The summed E-state index contributed by atoms with van der Waals surface area (Å²) in [6.45, 7) is 5.23. The van der Waals surface area contributed by atoms with E-state index in [4.69, 9.17) is 4.74 Å². The van der Waals surface area contributed by atoms with Crippen LogP contribution in [0.2, 0.25) is 0 Å². The fraction of sp³-hybridized carbons (Fsp3) is 0.200. The van der Waals surface area contributed by atoms with E-state index in [2.05, 4.69) is 15.0 Å². The highest BCUT2D eigenvalue weighted by Gasteiger charge is 2.25. The van der Waals surface area contributed by atoms with Gasteiger partial charge in [0.1, 0.15) is 5.60 Å². The van der Waals surface area contributed by atoms with E-state index in [1.165, 1.54) is 16.8 Å². The summed E-state index contributed by atoms with van der Waals surface area (Å²) in [5, 5.41) is 12.6. The first kappa shape index (κ1) is 19.4. The molecule has 0 saturated carbocycles. The number of nitrogens with zero attached hydrogens (tertiary/aromatic N) is 5. The number of fused-ring (bicyclic) bond motifs is 3. The van der Waals surface area contributed by atoms with Crippen molar-refractivity contribution in [1.29, 1.82) is 0 Å². The second kappa shape index (κ2) is 6.83. The van der Waals surface area contributed by atoms with Crippen molar-refractivity contribution in [3.63, 3.8) is 0 Å². The Balaban J connectivity index is 2.00. The summed E-state index contributed by atoms with van der Waals surface area (Å²) in [5.41, 5.74) is 0.225. The minimum Gasteiger partial charge on any atom is -0.443 e. The van der Waals surface area contributed by atoms with E-state index in [9.17, 15) is 19.3 Å². The molecule has 4 aromatic heterocycles. The molecule has 0 saturated heterocycles. The average molecular weight is 409 g/mol. The molecule has 0 aliphatic rings. The Hall–Kier alpha value is -3.95. The topological polar surface area (TPSA) is 113 Å². The summed E-state index contributed by atoms with van der Waals surface area (Å²) in [7, 11) is 0. The number of pyridine rings is 3. The van der Waals surface area contributed by atoms with Crippen LogP contribution in [0.25, 0.3) is 33.2 Å². The maximum Gasteiger partial charge on any atom is 0.420 e. The molecule has 0 N–H and O–H groups in total. The van der Waals surface area contributed by atoms with E-state index < -0.39 is 28.4 Å². The van der Waals surface area contributed by atoms with Crippen LogP contribution in [-0.4, -0.2) is 36.1 Å². The van der Waals surface area contributed by atoms with Gasteiger partial charge in [-0.25, -0.2) is 14.3 Å². The molecule has 0 bridgehead atoms. The van der Waals surface area contributed by atoms with Crippen LogP contribution < -0.4 is 0 Å². The average Bonchev–Trinajstić information content (AvgIpc) is 3.00. The maximum atomic E-state index is 13.4. The van der Waals surface area contributed by atoms with Gasteiger partial charge in [-0.15, -0.1) is 0 Å². The second-order valence-corrected chi connectivity index (χ2v) is 7.54. The van der Waals surface area contributed by atoms with Crippen LogP contribution in [0.15, 0.2) is 42.7 Å². The van der Waals surface area contributed by atoms with E-state index >= 15 is 0 Å². The minimum atomic E-state index is -0.972. The lowest BCUT2D eigenvalue weighted by atomic mass is 10.1. The third-order valence-electron chi connectivity index (χ3n) is 4.28. The summed E-state index contributed by atoms with van der Waals surface area (Å²) >= 11 is 0. The summed E-state index contributed by atoms with van der Waals surface area (Å²) in [5.74, 6) is -1.64. The van der Waals surface area contributed by atoms with Crippen molar-refractivity contribution >= 4 is 33.8 Å². The zero-order chi connectivity index (χ0) is 21.6. The number of nitro groups is 1. The Morgan fingerprint density at radius 1 is 1.13 bits per heavy atom. The number of aromatic nitrogens is 4. The van der Waals surface area contributed by atoms with Gasteiger partial charge in [0, 0.05) is 29.2 Å². The fourth-order valence-electron chi connectivity index (χ4n) is 3.14. The van der Waals surface area contributed by atoms with E-state index in [0.717, 1.165) is 6.07 Å². The first-order valence-corrected chi connectivity index (χ1v) is 8.95. The van der Waals surface area contributed by atoms with Gasteiger partial charge in [0.25, 0.3) is 0 Å². The lowest BCUT2D eigenvalue weighted by Crippen LogP contribution is -2.27. The van der Waals surface area contributed by atoms with Gasteiger partial charge in [-0.1, -0.05) is 0 Å². The molecule has 9 nitrogen and oxygen atoms in total. The third kappa shape index (κ3) is 3.32. The maximum absolute atomic E-state index is 13.4. The fourth-order valence-corrected chi connectivity index (χ4v) is 3.14. The monoisotopic (exact) mass is 409 g/mol. The quantitative estimate of drug-likeness (QED) is 0.272. The molecule has 30 heavy (non-hydrogen) atoms. The van der Waals surface area contributed by atoms with Gasteiger partial charge >= 0.3 is 17.9 Å². The lowest BCUT2D eigenvalue weighted by molar-refractivity contribution is -0.389. The van der Waals surface area contributed by atoms with Crippen LogP contribution in [0.1, 0.15) is 20.8 Å². The Kier molecular flexibility index (Phi) is 4.41. The van der Waals surface area contributed by atoms with E-state index in [0.29, 0.717) is 16.3 Å². The molecule has 0 aliphatic carbocycles. The molecular formula is C20H16FN5O4. The molecule has 0 amide bonds. The molecule has 0 fully saturated rings. The van der Waals surface area contributed by atoms with Crippen LogP contribution in [-0.2, 0) is 4.74 Å². The summed E-state index contributed by atoms with van der Waals surface area (Å²) in [4.78, 5) is 35.4. The van der Waals surface area contributed by atoms with Crippen LogP contribution in [0.4, 0.5) is 15.0 Å². The van der Waals surface area contributed by atoms with Gasteiger partial charge in [0.05, 0.1) is 16.8 Å². The first-order valence-electron chi connectivity index (χ1n) is 8.95. The van der Waals surface area contributed by atoms with Crippen molar-refractivity contribution in [2.75, 3.05) is 0 Å². The Labute approximate surface area is 169 Å². The number of rotatable bonds is 2. The predicted molar refractivity (Wildman–Crippen MR) is 107 cm³/mol. The van der Waals surface area contributed by atoms with Gasteiger partial charge in [-0.05, 0) is 54.9 Å². The normalized spacial score (nSPS) is 11.7. The van der Waals surface area contributed by atoms with E-state index in [-0.39, 0.29) is 16.9 Å². The molecule has 10 heteroatoms. The zero-order valence-electron chi connectivity index (χ0n) is 16.3. The molecule has 0 spiro atoms.